The number of anilines is 1. The molecule has 0 aliphatic heterocycles. The molecule has 1 N–H and O–H groups in total. The number of tetrazole rings is 1. The number of phenolic OH excluding ortho intramolecular Hbond substituents is 1. The van der Waals surface area contributed by atoms with E-state index >= 15 is 0 Å². The van der Waals surface area contributed by atoms with Crippen LogP contribution in [0.5, 0.6) is 5.75 Å². The number of hydrogen-bond acceptors (Lipinski definition) is 5. The molecule has 2 rings (SSSR count). The van der Waals surface area contributed by atoms with Gasteiger partial charge in [0.05, 0.1) is 5.69 Å². The minimum absolute atomic E-state index is 0.228. The number of aromatic hydroxyl groups is 1. The Morgan fingerprint density at radius 1 is 1.18 bits per heavy atom. The first-order chi connectivity index (χ1) is 8.26. The zero-order chi connectivity index (χ0) is 12.3. The molecule has 6 heteroatoms. The summed E-state index contributed by atoms with van der Waals surface area (Å²) < 4.78 is 1.66. The smallest absolute Gasteiger partial charge is 0.250 e. The molecule has 0 unspecified atom stereocenters. The first-order valence-corrected chi connectivity index (χ1v) is 5.59. The molecule has 0 spiro atoms. The van der Waals surface area contributed by atoms with Gasteiger partial charge in [0, 0.05) is 13.1 Å². The second kappa shape index (κ2) is 4.82. The molecule has 0 saturated heterocycles. The van der Waals surface area contributed by atoms with Crippen LogP contribution >= 0.6 is 0 Å². The Morgan fingerprint density at radius 3 is 2.41 bits per heavy atom. The Kier molecular flexibility index (Phi) is 3.22. The maximum absolute atomic E-state index is 9.25. The van der Waals surface area contributed by atoms with E-state index in [4.69, 9.17) is 0 Å². The summed E-state index contributed by atoms with van der Waals surface area (Å²) in [7, 11) is 0. The first-order valence-electron chi connectivity index (χ1n) is 5.59. The van der Waals surface area contributed by atoms with E-state index < -0.39 is 0 Å². The Balaban J connectivity index is 2.39. The molecular weight excluding hydrogens is 218 g/mol. The molecule has 17 heavy (non-hydrogen) atoms. The monoisotopic (exact) mass is 233 g/mol. The average Bonchev–Trinajstić information content (AvgIpc) is 2.81. The highest BCUT2D eigenvalue weighted by Gasteiger charge is 2.13. The summed E-state index contributed by atoms with van der Waals surface area (Å²) in [6.07, 6.45) is 0. The molecule has 0 amide bonds. The van der Waals surface area contributed by atoms with E-state index in [2.05, 4.69) is 34.3 Å². The molecule has 1 aromatic heterocycles. The minimum Gasteiger partial charge on any atom is -0.508 e. The molecular formula is C11H15N5O. The molecule has 90 valence electrons. The van der Waals surface area contributed by atoms with Crippen molar-refractivity contribution in [2.24, 2.45) is 0 Å². The largest absolute Gasteiger partial charge is 0.508 e. The summed E-state index contributed by atoms with van der Waals surface area (Å²) in [6, 6.07) is 6.78. The quantitative estimate of drug-likeness (QED) is 0.859. The Morgan fingerprint density at radius 2 is 1.82 bits per heavy atom. The van der Waals surface area contributed by atoms with Crippen molar-refractivity contribution in [1.82, 2.24) is 20.2 Å². The van der Waals surface area contributed by atoms with Crippen molar-refractivity contribution in [1.29, 1.82) is 0 Å². The second-order valence-electron chi connectivity index (χ2n) is 3.58. The molecule has 0 fully saturated rings. The maximum atomic E-state index is 9.25. The highest BCUT2D eigenvalue weighted by molar-refractivity contribution is 5.42. The molecule has 0 radical (unpaired) electrons. The lowest BCUT2D eigenvalue weighted by atomic mass is 10.3. The average molecular weight is 233 g/mol. The van der Waals surface area contributed by atoms with E-state index in [1.54, 1.807) is 28.9 Å². The van der Waals surface area contributed by atoms with Gasteiger partial charge in [-0.15, -0.1) is 0 Å². The van der Waals surface area contributed by atoms with Gasteiger partial charge in [0.2, 0.25) is 5.95 Å². The van der Waals surface area contributed by atoms with E-state index in [0.717, 1.165) is 18.8 Å². The van der Waals surface area contributed by atoms with Gasteiger partial charge in [0.1, 0.15) is 5.75 Å². The molecule has 0 aliphatic carbocycles. The second-order valence-corrected chi connectivity index (χ2v) is 3.58. The van der Waals surface area contributed by atoms with E-state index in [1.807, 2.05) is 0 Å². The van der Waals surface area contributed by atoms with Gasteiger partial charge < -0.3 is 10.0 Å². The van der Waals surface area contributed by atoms with Crippen LogP contribution in [0.2, 0.25) is 0 Å². The molecule has 0 saturated carbocycles. The summed E-state index contributed by atoms with van der Waals surface area (Å²) in [6.45, 7) is 5.79. The summed E-state index contributed by atoms with van der Waals surface area (Å²) >= 11 is 0. The first kappa shape index (κ1) is 11.4. The van der Waals surface area contributed by atoms with Crippen LogP contribution in [0, 0.1) is 0 Å². The normalized spacial score (nSPS) is 10.5. The topological polar surface area (TPSA) is 67.1 Å². The van der Waals surface area contributed by atoms with Crippen LogP contribution in [-0.2, 0) is 0 Å². The molecule has 0 aliphatic rings. The van der Waals surface area contributed by atoms with Gasteiger partial charge in [-0.25, -0.2) is 0 Å². The van der Waals surface area contributed by atoms with E-state index in [9.17, 15) is 5.11 Å². The number of nitrogens with zero attached hydrogens (tertiary/aromatic N) is 5. The van der Waals surface area contributed by atoms with Crippen molar-refractivity contribution in [3.63, 3.8) is 0 Å². The van der Waals surface area contributed by atoms with Crippen molar-refractivity contribution in [3.05, 3.63) is 24.3 Å². The Bertz CT molecular complexity index is 475. The number of rotatable bonds is 4. The van der Waals surface area contributed by atoms with Crippen molar-refractivity contribution in [3.8, 4) is 11.4 Å². The molecule has 1 heterocycles. The number of benzene rings is 1. The SMILES string of the molecule is CCN(CC)c1nnnn1-c1ccc(O)cc1. The van der Waals surface area contributed by atoms with Crippen molar-refractivity contribution in [2.45, 2.75) is 13.8 Å². The van der Waals surface area contributed by atoms with Crippen molar-refractivity contribution >= 4 is 5.95 Å². The van der Waals surface area contributed by atoms with E-state index in [-0.39, 0.29) is 5.75 Å². The molecule has 0 bridgehead atoms. The summed E-state index contributed by atoms with van der Waals surface area (Å²) in [5, 5.41) is 20.9. The van der Waals surface area contributed by atoms with Crippen LogP contribution in [0.15, 0.2) is 24.3 Å². The lowest BCUT2D eigenvalue weighted by Gasteiger charge is -2.18. The van der Waals surface area contributed by atoms with Gasteiger partial charge in [-0.2, -0.15) is 4.68 Å². The van der Waals surface area contributed by atoms with E-state index in [0.29, 0.717) is 5.95 Å². The fourth-order valence-corrected chi connectivity index (χ4v) is 1.65. The van der Waals surface area contributed by atoms with Gasteiger partial charge >= 0.3 is 0 Å². The molecule has 1 aromatic carbocycles. The Hall–Kier alpha value is -2.11. The number of hydrogen-bond donors (Lipinski definition) is 1. The predicted octanol–water partition coefficient (Wildman–Crippen LogP) is 1.21. The van der Waals surface area contributed by atoms with Crippen LogP contribution in [0.25, 0.3) is 5.69 Å². The van der Waals surface area contributed by atoms with Gasteiger partial charge in [0.15, 0.2) is 0 Å². The maximum Gasteiger partial charge on any atom is 0.250 e. The molecule has 2 aromatic rings. The van der Waals surface area contributed by atoms with Crippen LogP contribution in [0.4, 0.5) is 5.95 Å². The minimum atomic E-state index is 0.228. The number of phenols is 1. The van der Waals surface area contributed by atoms with Crippen LogP contribution < -0.4 is 4.90 Å². The van der Waals surface area contributed by atoms with Crippen LogP contribution in [0.3, 0.4) is 0 Å². The van der Waals surface area contributed by atoms with Crippen molar-refractivity contribution in [2.75, 3.05) is 18.0 Å². The summed E-state index contributed by atoms with van der Waals surface area (Å²) in [5.41, 5.74) is 0.828. The van der Waals surface area contributed by atoms with Crippen LogP contribution in [0.1, 0.15) is 13.8 Å². The highest BCUT2D eigenvalue weighted by Crippen LogP contribution is 2.17. The third-order valence-corrected chi connectivity index (χ3v) is 2.59. The zero-order valence-corrected chi connectivity index (χ0v) is 9.91. The third kappa shape index (κ3) is 2.20. The standard InChI is InChI=1S/C11H15N5O/c1-3-15(4-2)11-12-13-14-16(11)9-5-7-10(17)8-6-9/h5-8,17H,3-4H2,1-2H3. The fourth-order valence-electron chi connectivity index (χ4n) is 1.65. The zero-order valence-electron chi connectivity index (χ0n) is 9.91. The van der Waals surface area contributed by atoms with Gasteiger partial charge in [0.25, 0.3) is 0 Å². The third-order valence-electron chi connectivity index (χ3n) is 2.59. The predicted molar refractivity (Wildman–Crippen MR) is 64.4 cm³/mol. The molecule has 6 nitrogen and oxygen atoms in total. The lowest BCUT2D eigenvalue weighted by Crippen LogP contribution is -2.25. The molecule has 0 atom stereocenters. The Labute approximate surface area is 99.5 Å². The van der Waals surface area contributed by atoms with Gasteiger partial charge in [-0.1, -0.05) is 5.10 Å². The van der Waals surface area contributed by atoms with Crippen molar-refractivity contribution < 1.29 is 5.11 Å². The summed E-state index contributed by atoms with van der Waals surface area (Å²) in [5.74, 6) is 0.937. The lowest BCUT2D eigenvalue weighted by molar-refractivity contribution is 0.475. The van der Waals surface area contributed by atoms with Crippen LogP contribution in [-0.4, -0.2) is 38.4 Å². The van der Waals surface area contributed by atoms with Gasteiger partial charge in [-0.05, 0) is 48.5 Å². The van der Waals surface area contributed by atoms with Gasteiger partial charge in [-0.3, -0.25) is 0 Å². The number of aromatic nitrogens is 4. The summed E-state index contributed by atoms with van der Waals surface area (Å²) in [4.78, 5) is 2.06. The van der Waals surface area contributed by atoms with E-state index in [1.165, 1.54) is 0 Å². The fraction of sp³-hybridized carbons (Fsp3) is 0.364. The highest BCUT2D eigenvalue weighted by atomic mass is 16.3.